The van der Waals surface area contributed by atoms with E-state index in [0.717, 1.165) is 5.56 Å². The summed E-state index contributed by atoms with van der Waals surface area (Å²) in [7, 11) is 1.64. The number of benzene rings is 1. The Balaban J connectivity index is 2.88. The van der Waals surface area contributed by atoms with Crippen LogP contribution in [0.4, 0.5) is 4.39 Å². The van der Waals surface area contributed by atoms with Crippen LogP contribution in [0.3, 0.4) is 0 Å². The average Bonchev–Trinajstić information content (AvgIpc) is 2.21. The summed E-state index contributed by atoms with van der Waals surface area (Å²) < 4.78 is 18.9. The first kappa shape index (κ1) is 13.1. The first-order chi connectivity index (χ1) is 7.35. The monoisotopic (exact) mass is 225 g/mol. The lowest BCUT2D eigenvalue weighted by Gasteiger charge is -2.27. The summed E-state index contributed by atoms with van der Waals surface area (Å²) >= 11 is 0. The van der Waals surface area contributed by atoms with Crippen molar-refractivity contribution in [2.75, 3.05) is 7.11 Å². The Morgan fingerprint density at radius 2 is 2.06 bits per heavy atom. The van der Waals surface area contributed by atoms with Crippen LogP contribution in [0.15, 0.2) is 18.2 Å². The van der Waals surface area contributed by atoms with E-state index in [1.165, 1.54) is 6.07 Å². The fourth-order valence-electron chi connectivity index (χ4n) is 1.67. The minimum absolute atomic E-state index is 0.245. The van der Waals surface area contributed by atoms with E-state index in [0.29, 0.717) is 12.0 Å². The van der Waals surface area contributed by atoms with Gasteiger partial charge in [-0.2, -0.15) is 0 Å². The molecule has 2 N–H and O–H groups in total. The molecule has 90 valence electrons. The zero-order valence-corrected chi connectivity index (χ0v) is 10.4. The highest BCUT2D eigenvalue weighted by molar-refractivity contribution is 5.26. The number of rotatable bonds is 4. The predicted molar refractivity (Wildman–Crippen MR) is 63.8 cm³/mol. The van der Waals surface area contributed by atoms with Gasteiger partial charge in [-0.15, -0.1) is 0 Å². The molecule has 0 saturated heterocycles. The Kier molecular flexibility index (Phi) is 4.05. The molecule has 0 bridgehead atoms. The van der Waals surface area contributed by atoms with Crippen molar-refractivity contribution in [2.24, 2.45) is 5.73 Å². The lowest BCUT2D eigenvalue weighted by molar-refractivity contribution is 0.00973. The first-order valence-electron chi connectivity index (χ1n) is 5.42. The van der Waals surface area contributed by atoms with Crippen molar-refractivity contribution in [3.8, 4) is 0 Å². The summed E-state index contributed by atoms with van der Waals surface area (Å²) in [6.07, 6.45) is 0.587. The van der Waals surface area contributed by atoms with Crippen molar-refractivity contribution in [3.05, 3.63) is 35.1 Å². The predicted octanol–water partition coefficient (Wildman–Crippen LogP) is 2.95. The number of ether oxygens (including phenoxy) is 1. The second kappa shape index (κ2) is 4.93. The van der Waals surface area contributed by atoms with Crippen LogP contribution in [0.2, 0.25) is 0 Å². The third-order valence-corrected chi connectivity index (χ3v) is 2.82. The summed E-state index contributed by atoms with van der Waals surface area (Å²) in [5.41, 5.74) is 7.24. The van der Waals surface area contributed by atoms with Crippen molar-refractivity contribution in [3.63, 3.8) is 0 Å². The molecule has 0 amide bonds. The van der Waals surface area contributed by atoms with Crippen molar-refractivity contribution >= 4 is 0 Å². The molecule has 1 atom stereocenters. The molecule has 1 aromatic carbocycles. The Morgan fingerprint density at radius 1 is 1.44 bits per heavy atom. The molecule has 2 nitrogen and oxygen atoms in total. The van der Waals surface area contributed by atoms with Crippen molar-refractivity contribution in [2.45, 2.75) is 38.8 Å². The molecule has 1 unspecified atom stereocenters. The third-order valence-electron chi connectivity index (χ3n) is 2.82. The van der Waals surface area contributed by atoms with Crippen LogP contribution in [-0.4, -0.2) is 12.7 Å². The van der Waals surface area contributed by atoms with Gasteiger partial charge in [-0.05, 0) is 33.3 Å². The van der Waals surface area contributed by atoms with Crippen LogP contribution in [0, 0.1) is 12.7 Å². The number of halogens is 1. The molecule has 0 aromatic heterocycles. The van der Waals surface area contributed by atoms with E-state index in [1.54, 1.807) is 19.2 Å². The molecular weight excluding hydrogens is 205 g/mol. The number of nitrogens with two attached hydrogens (primary N) is 1. The molecule has 0 aliphatic rings. The summed E-state index contributed by atoms with van der Waals surface area (Å²) in [5.74, 6) is -0.245. The standard InChI is InChI=1S/C13H20FNO/c1-9-5-6-11(14)10(7-9)12(15)8-13(2,3)16-4/h5-7,12H,8,15H2,1-4H3. The van der Waals surface area contributed by atoms with Crippen molar-refractivity contribution < 1.29 is 9.13 Å². The van der Waals surface area contributed by atoms with E-state index in [4.69, 9.17) is 10.5 Å². The maximum atomic E-state index is 13.6. The fraction of sp³-hybridized carbons (Fsp3) is 0.538. The maximum absolute atomic E-state index is 13.6. The lowest BCUT2D eigenvalue weighted by atomic mass is 9.93. The second-order valence-electron chi connectivity index (χ2n) is 4.80. The van der Waals surface area contributed by atoms with Gasteiger partial charge in [0.05, 0.1) is 5.60 Å². The molecule has 0 radical (unpaired) electrons. The van der Waals surface area contributed by atoms with Crippen LogP contribution in [0.25, 0.3) is 0 Å². The van der Waals surface area contributed by atoms with Gasteiger partial charge in [0, 0.05) is 18.7 Å². The molecule has 1 rings (SSSR count). The van der Waals surface area contributed by atoms with Crippen molar-refractivity contribution in [1.82, 2.24) is 0 Å². The zero-order chi connectivity index (χ0) is 12.3. The molecule has 0 spiro atoms. The Hall–Kier alpha value is -0.930. The van der Waals surface area contributed by atoms with Gasteiger partial charge in [0.15, 0.2) is 0 Å². The molecule has 1 aromatic rings. The van der Waals surface area contributed by atoms with Gasteiger partial charge in [0.1, 0.15) is 5.82 Å². The highest BCUT2D eigenvalue weighted by Gasteiger charge is 2.23. The van der Waals surface area contributed by atoms with Gasteiger partial charge in [-0.1, -0.05) is 17.7 Å². The number of hydrogen-bond acceptors (Lipinski definition) is 2. The minimum Gasteiger partial charge on any atom is -0.379 e. The van der Waals surface area contributed by atoms with E-state index in [2.05, 4.69) is 0 Å². The summed E-state index contributed by atoms with van der Waals surface area (Å²) in [6, 6.07) is 4.66. The zero-order valence-electron chi connectivity index (χ0n) is 10.4. The highest BCUT2D eigenvalue weighted by atomic mass is 19.1. The highest BCUT2D eigenvalue weighted by Crippen LogP contribution is 2.26. The van der Waals surface area contributed by atoms with Crippen LogP contribution in [0.5, 0.6) is 0 Å². The first-order valence-corrected chi connectivity index (χ1v) is 5.42. The molecule has 0 heterocycles. The molecule has 0 fully saturated rings. The minimum atomic E-state index is -0.338. The van der Waals surface area contributed by atoms with Gasteiger partial charge >= 0.3 is 0 Å². The van der Waals surface area contributed by atoms with E-state index >= 15 is 0 Å². The van der Waals surface area contributed by atoms with Crippen LogP contribution < -0.4 is 5.73 Å². The summed E-state index contributed by atoms with van der Waals surface area (Å²) in [5, 5.41) is 0. The summed E-state index contributed by atoms with van der Waals surface area (Å²) in [4.78, 5) is 0. The third kappa shape index (κ3) is 3.29. The number of hydrogen-bond donors (Lipinski definition) is 1. The molecule has 0 saturated carbocycles. The second-order valence-corrected chi connectivity index (χ2v) is 4.80. The largest absolute Gasteiger partial charge is 0.379 e. The molecular formula is C13H20FNO. The number of aryl methyl sites for hydroxylation is 1. The quantitative estimate of drug-likeness (QED) is 0.855. The Bertz CT molecular complexity index is 363. The van der Waals surface area contributed by atoms with Gasteiger partial charge < -0.3 is 10.5 Å². The van der Waals surface area contributed by atoms with Gasteiger partial charge in [-0.25, -0.2) is 4.39 Å². The number of methoxy groups -OCH3 is 1. The lowest BCUT2D eigenvalue weighted by Crippen LogP contribution is -2.29. The van der Waals surface area contributed by atoms with Gasteiger partial charge in [-0.3, -0.25) is 0 Å². The normalized spacial score (nSPS) is 13.9. The van der Waals surface area contributed by atoms with E-state index in [9.17, 15) is 4.39 Å². The van der Waals surface area contributed by atoms with Gasteiger partial charge in [0.25, 0.3) is 0 Å². The van der Waals surface area contributed by atoms with E-state index in [1.807, 2.05) is 20.8 Å². The van der Waals surface area contributed by atoms with Gasteiger partial charge in [0.2, 0.25) is 0 Å². The molecule has 3 heteroatoms. The van der Waals surface area contributed by atoms with Crippen LogP contribution >= 0.6 is 0 Å². The smallest absolute Gasteiger partial charge is 0.127 e. The summed E-state index contributed by atoms with van der Waals surface area (Å²) in [6.45, 7) is 5.82. The van der Waals surface area contributed by atoms with Crippen molar-refractivity contribution in [1.29, 1.82) is 0 Å². The molecule has 0 aliphatic heterocycles. The fourth-order valence-corrected chi connectivity index (χ4v) is 1.67. The maximum Gasteiger partial charge on any atom is 0.127 e. The topological polar surface area (TPSA) is 35.2 Å². The Morgan fingerprint density at radius 3 is 2.62 bits per heavy atom. The van der Waals surface area contributed by atoms with Crippen LogP contribution in [0.1, 0.15) is 37.4 Å². The Labute approximate surface area is 96.6 Å². The molecule has 0 aliphatic carbocycles. The van der Waals surface area contributed by atoms with E-state index in [-0.39, 0.29) is 17.5 Å². The SMILES string of the molecule is COC(C)(C)CC(N)c1cc(C)ccc1F. The molecule has 16 heavy (non-hydrogen) atoms. The van der Waals surface area contributed by atoms with E-state index < -0.39 is 0 Å². The van der Waals surface area contributed by atoms with Crippen LogP contribution in [-0.2, 0) is 4.74 Å². The average molecular weight is 225 g/mol.